The van der Waals surface area contributed by atoms with Crippen molar-refractivity contribution in [2.45, 2.75) is 52.7 Å². The molecule has 0 atom stereocenters. The van der Waals surface area contributed by atoms with Crippen molar-refractivity contribution < 1.29 is 30.9 Å². The Labute approximate surface area is 83.7 Å². The molecule has 0 heterocycles. The van der Waals surface area contributed by atoms with E-state index in [4.69, 9.17) is 4.74 Å². The molecule has 0 aliphatic rings. The Hall–Kier alpha value is 0.843. The van der Waals surface area contributed by atoms with Crippen molar-refractivity contribution >= 4 is 0 Å². The van der Waals surface area contributed by atoms with E-state index in [2.05, 4.69) is 41.5 Å². The maximum atomic E-state index is 5.62. The molecule has 0 fully saturated rings. The van der Waals surface area contributed by atoms with Crippen molar-refractivity contribution in [2.75, 3.05) is 0 Å². The van der Waals surface area contributed by atoms with Crippen LogP contribution in [0, 0.1) is 0 Å². The van der Waals surface area contributed by atoms with Gasteiger partial charge < -0.3 is 4.74 Å². The molecule has 0 aromatic carbocycles. The van der Waals surface area contributed by atoms with Gasteiger partial charge in [0, 0.05) is 26.2 Å². The molecule has 0 rings (SSSR count). The van der Waals surface area contributed by atoms with Crippen molar-refractivity contribution in [3.8, 4) is 0 Å². The van der Waals surface area contributed by atoms with Crippen molar-refractivity contribution in [1.29, 1.82) is 0 Å². The monoisotopic (exact) mass is 220 g/mol. The molecule has 0 radical (unpaired) electrons. The van der Waals surface area contributed by atoms with E-state index in [0.717, 1.165) is 0 Å². The summed E-state index contributed by atoms with van der Waals surface area (Å²) in [6.45, 7) is 12.4. The molecule has 0 saturated heterocycles. The number of hydrogen-bond donors (Lipinski definition) is 0. The Morgan fingerprint density at radius 1 is 0.700 bits per heavy atom. The Kier molecular flexibility index (Phi) is 5.40. The molecular formula is C8H18OZr. The fraction of sp³-hybridized carbons (Fsp3) is 1.00. The van der Waals surface area contributed by atoms with Gasteiger partial charge in [0.15, 0.2) is 0 Å². The van der Waals surface area contributed by atoms with E-state index >= 15 is 0 Å². The van der Waals surface area contributed by atoms with Gasteiger partial charge in [-0.05, 0) is 41.5 Å². The van der Waals surface area contributed by atoms with E-state index in [1.807, 2.05) is 0 Å². The van der Waals surface area contributed by atoms with Crippen LogP contribution >= 0.6 is 0 Å². The minimum absolute atomic E-state index is 0. The van der Waals surface area contributed by atoms with Gasteiger partial charge in [0.25, 0.3) is 0 Å². The van der Waals surface area contributed by atoms with Crippen molar-refractivity contribution in [2.24, 2.45) is 0 Å². The molecule has 0 aromatic heterocycles. The molecule has 0 N–H and O–H groups in total. The molecule has 0 aliphatic heterocycles. The fourth-order valence-corrected chi connectivity index (χ4v) is 0.919. The Balaban J connectivity index is 0. The zero-order chi connectivity index (χ0) is 7.71. The number of ether oxygens (including phenoxy) is 1. The SMILES string of the molecule is CC(C)(C)OC(C)(C)C.[Zr]. The molecule has 1 nitrogen and oxygen atoms in total. The van der Waals surface area contributed by atoms with Crippen LogP contribution in [0.25, 0.3) is 0 Å². The third kappa shape index (κ3) is 11.6. The Bertz CT molecular complexity index is 74.4. The zero-order valence-electron chi connectivity index (χ0n) is 7.91. The Morgan fingerprint density at radius 2 is 0.900 bits per heavy atom. The first-order chi connectivity index (χ1) is 3.71. The van der Waals surface area contributed by atoms with Crippen LogP contribution in [-0.2, 0) is 30.9 Å². The summed E-state index contributed by atoms with van der Waals surface area (Å²) in [4.78, 5) is 0. The average Bonchev–Trinajstić information content (AvgIpc) is 1.14. The van der Waals surface area contributed by atoms with Crippen molar-refractivity contribution in [3.63, 3.8) is 0 Å². The van der Waals surface area contributed by atoms with Crippen LogP contribution < -0.4 is 0 Å². The van der Waals surface area contributed by atoms with E-state index in [1.54, 1.807) is 0 Å². The van der Waals surface area contributed by atoms with Crippen LogP contribution in [0.3, 0.4) is 0 Å². The van der Waals surface area contributed by atoms with Crippen molar-refractivity contribution in [1.82, 2.24) is 0 Å². The summed E-state index contributed by atoms with van der Waals surface area (Å²) < 4.78 is 5.62. The van der Waals surface area contributed by atoms with E-state index in [9.17, 15) is 0 Å². The first-order valence-corrected chi connectivity index (χ1v) is 3.41. The number of rotatable bonds is 0. The average molecular weight is 221 g/mol. The second-order valence-electron chi connectivity index (χ2n) is 4.33. The second kappa shape index (κ2) is 4.02. The summed E-state index contributed by atoms with van der Waals surface area (Å²) in [5.41, 5.74) is -0.0312. The molecule has 0 aromatic rings. The van der Waals surface area contributed by atoms with Crippen molar-refractivity contribution in [3.05, 3.63) is 0 Å². The number of hydrogen-bond acceptors (Lipinski definition) is 1. The molecule has 0 saturated carbocycles. The van der Waals surface area contributed by atoms with Crippen LogP contribution in [-0.4, -0.2) is 11.2 Å². The minimum Gasteiger partial charge on any atom is -0.370 e. The summed E-state index contributed by atoms with van der Waals surface area (Å²) in [7, 11) is 0. The third-order valence-electron chi connectivity index (χ3n) is 0.612. The van der Waals surface area contributed by atoms with Gasteiger partial charge in [-0.1, -0.05) is 0 Å². The molecule has 0 aliphatic carbocycles. The zero-order valence-corrected chi connectivity index (χ0v) is 10.4. The summed E-state index contributed by atoms with van der Waals surface area (Å²) >= 11 is 0. The molecule has 0 spiro atoms. The predicted octanol–water partition coefficient (Wildman–Crippen LogP) is 2.60. The normalized spacial score (nSPS) is 12.6. The van der Waals surface area contributed by atoms with Gasteiger partial charge in [0.2, 0.25) is 0 Å². The molecule has 0 bridgehead atoms. The molecule has 60 valence electrons. The smallest absolute Gasteiger partial charge is 0.0605 e. The Morgan fingerprint density at radius 3 is 0.900 bits per heavy atom. The first-order valence-electron chi connectivity index (χ1n) is 3.41. The maximum Gasteiger partial charge on any atom is 0.0605 e. The maximum absolute atomic E-state index is 5.62. The quantitative estimate of drug-likeness (QED) is 0.611. The summed E-state index contributed by atoms with van der Waals surface area (Å²) in [6.07, 6.45) is 0. The second-order valence-corrected chi connectivity index (χ2v) is 4.33. The van der Waals surface area contributed by atoms with Crippen LogP contribution in [0.15, 0.2) is 0 Å². The fourth-order valence-electron chi connectivity index (χ4n) is 0.919. The first kappa shape index (κ1) is 13.4. The van der Waals surface area contributed by atoms with E-state index < -0.39 is 0 Å². The van der Waals surface area contributed by atoms with Crippen LogP contribution in [0.1, 0.15) is 41.5 Å². The largest absolute Gasteiger partial charge is 0.370 e. The summed E-state index contributed by atoms with van der Waals surface area (Å²) in [5, 5.41) is 0. The van der Waals surface area contributed by atoms with Gasteiger partial charge in [0.1, 0.15) is 0 Å². The van der Waals surface area contributed by atoms with E-state index in [-0.39, 0.29) is 37.4 Å². The van der Waals surface area contributed by atoms with Crippen LogP contribution in [0.5, 0.6) is 0 Å². The third-order valence-corrected chi connectivity index (χ3v) is 0.612. The predicted molar refractivity (Wildman–Crippen MR) is 40.6 cm³/mol. The topological polar surface area (TPSA) is 9.23 Å². The van der Waals surface area contributed by atoms with Gasteiger partial charge in [-0.15, -0.1) is 0 Å². The van der Waals surface area contributed by atoms with Gasteiger partial charge in [-0.3, -0.25) is 0 Å². The molecule has 0 unspecified atom stereocenters. The molecule has 2 heteroatoms. The van der Waals surface area contributed by atoms with Gasteiger partial charge >= 0.3 is 0 Å². The van der Waals surface area contributed by atoms with E-state index in [0.29, 0.717) is 0 Å². The molecule has 0 amide bonds. The van der Waals surface area contributed by atoms with Gasteiger partial charge in [-0.25, -0.2) is 0 Å². The molecular weight excluding hydrogens is 203 g/mol. The van der Waals surface area contributed by atoms with Gasteiger partial charge in [0.05, 0.1) is 11.2 Å². The van der Waals surface area contributed by atoms with Gasteiger partial charge in [-0.2, -0.15) is 0 Å². The summed E-state index contributed by atoms with van der Waals surface area (Å²) in [6, 6.07) is 0. The summed E-state index contributed by atoms with van der Waals surface area (Å²) in [5.74, 6) is 0. The minimum atomic E-state index is -0.0156. The molecule has 10 heavy (non-hydrogen) atoms. The van der Waals surface area contributed by atoms with Crippen LogP contribution in [0.2, 0.25) is 0 Å². The standard InChI is InChI=1S/C8H18O.Zr/c1-7(2,3)9-8(4,5)6;/h1-6H3;. The van der Waals surface area contributed by atoms with Crippen LogP contribution in [0.4, 0.5) is 0 Å². The van der Waals surface area contributed by atoms with E-state index in [1.165, 1.54) is 0 Å².